The second-order valence-corrected chi connectivity index (χ2v) is 4.58. The summed E-state index contributed by atoms with van der Waals surface area (Å²) in [4.78, 5) is 24.5. The van der Waals surface area contributed by atoms with Gasteiger partial charge < -0.3 is 14.7 Å². The number of benzene rings is 1. The van der Waals surface area contributed by atoms with Crippen LogP contribution in [0.3, 0.4) is 0 Å². The number of amides is 1. The van der Waals surface area contributed by atoms with Gasteiger partial charge in [-0.15, -0.1) is 6.42 Å². The van der Waals surface area contributed by atoms with Gasteiger partial charge in [0, 0.05) is 11.6 Å². The fourth-order valence-corrected chi connectivity index (χ4v) is 1.88. The van der Waals surface area contributed by atoms with Crippen LogP contribution in [-0.4, -0.2) is 41.1 Å². The van der Waals surface area contributed by atoms with Gasteiger partial charge in [-0.1, -0.05) is 5.92 Å². The van der Waals surface area contributed by atoms with Crippen molar-refractivity contribution in [3.8, 4) is 18.1 Å². The molecule has 1 N–H and O–H groups in total. The molecule has 0 atom stereocenters. The Kier molecular flexibility index (Phi) is 4.26. The fourth-order valence-electron chi connectivity index (χ4n) is 1.88. The summed E-state index contributed by atoms with van der Waals surface area (Å²) in [5.74, 6) is 1.67. The van der Waals surface area contributed by atoms with E-state index in [1.165, 1.54) is 4.90 Å². The third-order valence-electron chi connectivity index (χ3n) is 2.98. The highest BCUT2D eigenvalue weighted by Crippen LogP contribution is 2.28. The first-order valence-electron chi connectivity index (χ1n) is 6.31. The molecule has 5 heteroatoms. The minimum Gasteiger partial charge on any atom is -0.481 e. The van der Waals surface area contributed by atoms with Crippen LogP contribution in [0.2, 0.25) is 0 Å². The normalized spacial score (nSPS) is 13.3. The zero-order valence-corrected chi connectivity index (χ0v) is 10.9. The van der Waals surface area contributed by atoms with Crippen molar-refractivity contribution in [3.63, 3.8) is 0 Å². The molecule has 0 spiro atoms. The second-order valence-electron chi connectivity index (χ2n) is 4.58. The lowest BCUT2D eigenvalue weighted by molar-refractivity contribution is -0.137. The first-order valence-corrected chi connectivity index (χ1v) is 6.31. The molecular weight excluding hydrogens is 258 g/mol. The van der Waals surface area contributed by atoms with Crippen molar-refractivity contribution >= 4 is 11.9 Å². The van der Waals surface area contributed by atoms with Crippen molar-refractivity contribution in [1.29, 1.82) is 0 Å². The van der Waals surface area contributed by atoms with E-state index in [4.69, 9.17) is 16.3 Å². The number of carbonyl (C=O) groups is 2. The number of carboxylic acid groups (broad SMARTS) is 1. The monoisotopic (exact) mass is 273 g/mol. The standard InChI is InChI=1S/C15H15NO4/c1-2-9-20-13-7-3-11(4-8-13)15(19)16(10-14(17)18)12-5-6-12/h1,3-4,7-8,12H,5-6,9-10H2,(H,17,18). The van der Waals surface area contributed by atoms with Gasteiger partial charge in [-0.2, -0.15) is 0 Å². The van der Waals surface area contributed by atoms with E-state index in [0.29, 0.717) is 11.3 Å². The Balaban J connectivity index is 2.07. The fraction of sp³-hybridized carbons (Fsp3) is 0.333. The first-order chi connectivity index (χ1) is 9.61. The van der Waals surface area contributed by atoms with Crippen LogP contribution in [0.25, 0.3) is 0 Å². The van der Waals surface area contributed by atoms with Gasteiger partial charge in [-0.25, -0.2) is 0 Å². The summed E-state index contributed by atoms with van der Waals surface area (Å²) in [6.07, 6.45) is 6.82. The molecule has 0 unspecified atom stereocenters. The summed E-state index contributed by atoms with van der Waals surface area (Å²) >= 11 is 0. The van der Waals surface area contributed by atoms with Crippen molar-refractivity contribution in [2.75, 3.05) is 13.2 Å². The maximum Gasteiger partial charge on any atom is 0.323 e. The van der Waals surface area contributed by atoms with Crippen LogP contribution >= 0.6 is 0 Å². The van der Waals surface area contributed by atoms with Crippen LogP contribution in [0.4, 0.5) is 0 Å². The summed E-state index contributed by atoms with van der Waals surface area (Å²) in [7, 11) is 0. The van der Waals surface area contributed by atoms with Crippen molar-refractivity contribution in [2.24, 2.45) is 0 Å². The molecule has 0 saturated heterocycles. The molecule has 2 rings (SSSR count). The van der Waals surface area contributed by atoms with E-state index in [0.717, 1.165) is 12.8 Å². The predicted octanol–water partition coefficient (Wildman–Crippen LogP) is 1.39. The minimum absolute atomic E-state index is 0.0518. The van der Waals surface area contributed by atoms with Crippen LogP contribution < -0.4 is 4.74 Å². The van der Waals surface area contributed by atoms with Crippen molar-refractivity contribution in [1.82, 2.24) is 4.90 Å². The Labute approximate surface area is 117 Å². The Morgan fingerprint density at radius 1 is 1.35 bits per heavy atom. The molecule has 0 heterocycles. The summed E-state index contributed by atoms with van der Waals surface area (Å²) in [6.45, 7) is -0.0979. The molecule has 0 aromatic heterocycles. The Morgan fingerprint density at radius 2 is 2.00 bits per heavy atom. The van der Waals surface area contributed by atoms with E-state index < -0.39 is 5.97 Å². The highest BCUT2D eigenvalue weighted by atomic mass is 16.5. The van der Waals surface area contributed by atoms with Gasteiger partial charge in [0.2, 0.25) is 0 Å². The number of carboxylic acids is 1. The predicted molar refractivity (Wildman–Crippen MR) is 72.5 cm³/mol. The third kappa shape index (κ3) is 3.51. The lowest BCUT2D eigenvalue weighted by atomic mass is 10.2. The Bertz CT molecular complexity index is 540. The molecule has 104 valence electrons. The lowest BCUT2D eigenvalue weighted by Gasteiger charge is -2.20. The van der Waals surface area contributed by atoms with Gasteiger partial charge in [0.25, 0.3) is 5.91 Å². The van der Waals surface area contributed by atoms with E-state index in [-0.39, 0.29) is 25.1 Å². The largest absolute Gasteiger partial charge is 0.481 e. The van der Waals surface area contributed by atoms with Gasteiger partial charge in [0.05, 0.1) is 0 Å². The maximum absolute atomic E-state index is 12.3. The molecule has 1 aromatic rings. The summed E-state index contributed by atoms with van der Waals surface area (Å²) in [5, 5.41) is 8.86. The molecule has 0 aliphatic heterocycles. The van der Waals surface area contributed by atoms with Crippen LogP contribution in [0, 0.1) is 12.3 Å². The number of aliphatic carboxylic acids is 1. The number of carbonyl (C=O) groups excluding carboxylic acids is 1. The molecule has 1 aromatic carbocycles. The van der Waals surface area contributed by atoms with Crippen molar-refractivity contribution in [2.45, 2.75) is 18.9 Å². The first kappa shape index (κ1) is 13.9. The Hall–Kier alpha value is -2.48. The smallest absolute Gasteiger partial charge is 0.323 e. The topological polar surface area (TPSA) is 66.8 Å². The summed E-state index contributed by atoms with van der Waals surface area (Å²) < 4.78 is 5.22. The summed E-state index contributed by atoms with van der Waals surface area (Å²) in [5.41, 5.74) is 0.450. The average Bonchev–Trinajstić information content (AvgIpc) is 3.26. The average molecular weight is 273 g/mol. The van der Waals surface area contributed by atoms with Crippen LogP contribution in [0.5, 0.6) is 5.75 Å². The Morgan fingerprint density at radius 3 is 2.50 bits per heavy atom. The van der Waals surface area contributed by atoms with Crippen LogP contribution in [0.15, 0.2) is 24.3 Å². The van der Waals surface area contributed by atoms with Crippen molar-refractivity contribution < 1.29 is 19.4 Å². The van der Waals surface area contributed by atoms with Crippen LogP contribution in [0.1, 0.15) is 23.2 Å². The van der Waals surface area contributed by atoms with Gasteiger partial charge in [0.1, 0.15) is 18.9 Å². The molecule has 20 heavy (non-hydrogen) atoms. The van der Waals surface area contributed by atoms with E-state index in [2.05, 4.69) is 5.92 Å². The van der Waals surface area contributed by atoms with Gasteiger partial charge in [-0.05, 0) is 37.1 Å². The number of hydrogen-bond acceptors (Lipinski definition) is 3. The third-order valence-corrected chi connectivity index (χ3v) is 2.98. The molecule has 0 bridgehead atoms. The molecule has 0 radical (unpaired) electrons. The maximum atomic E-state index is 12.3. The quantitative estimate of drug-likeness (QED) is 0.795. The van der Waals surface area contributed by atoms with E-state index in [1.54, 1.807) is 24.3 Å². The molecular formula is C15H15NO4. The molecule has 1 fully saturated rings. The number of nitrogens with zero attached hydrogens (tertiary/aromatic N) is 1. The number of hydrogen-bond donors (Lipinski definition) is 1. The van der Waals surface area contributed by atoms with Gasteiger partial charge in [-0.3, -0.25) is 9.59 Å². The lowest BCUT2D eigenvalue weighted by Crippen LogP contribution is -2.37. The SMILES string of the molecule is C#CCOc1ccc(C(=O)N(CC(=O)O)C2CC2)cc1. The molecule has 5 nitrogen and oxygen atoms in total. The van der Waals surface area contributed by atoms with Gasteiger partial charge >= 0.3 is 5.97 Å². The zero-order valence-electron chi connectivity index (χ0n) is 10.9. The number of ether oxygens (including phenoxy) is 1. The highest BCUT2D eigenvalue weighted by Gasteiger charge is 2.34. The number of rotatable bonds is 6. The molecule has 1 aliphatic carbocycles. The van der Waals surface area contributed by atoms with E-state index in [9.17, 15) is 9.59 Å². The molecule has 1 saturated carbocycles. The van der Waals surface area contributed by atoms with E-state index in [1.807, 2.05) is 0 Å². The van der Waals surface area contributed by atoms with Gasteiger partial charge in [0.15, 0.2) is 0 Å². The minimum atomic E-state index is -1.00. The second kappa shape index (κ2) is 6.11. The highest BCUT2D eigenvalue weighted by molar-refractivity contribution is 5.96. The molecule has 1 amide bonds. The zero-order chi connectivity index (χ0) is 14.5. The van der Waals surface area contributed by atoms with Crippen molar-refractivity contribution in [3.05, 3.63) is 29.8 Å². The van der Waals surface area contributed by atoms with E-state index >= 15 is 0 Å². The number of terminal acetylenes is 1. The van der Waals surface area contributed by atoms with Crippen LogP contribution in [-0.2, 0) is 4.79 Å². The molecule has 1 aliphatic rings. The summed E-state index contributed by atoms with van der Waals surface area (Å²) in [6, 6.07) is 6.58.